The van der Waals surface area contributed by atoms with E-state index in [-0.39, 0.29) is 5.56 Å². The standard InChI is InChI=1S/C23H24N4O3S2/c1-3-6-18-24-19(30-26-18)13-31-23-25-21-20(16-7-5-8-17(16)32-21)22(28)27(23)14-9-11-15(12-10-14)29-4-2/h9-12H,3-8,13H2,1-2H3. The number of hydrogen-bond donors (Lipinski definition) is 0. The van der Waals surface area contributed by atoms with Crippen molar-refractivity contribution in [3.8, 4) is 11.4 Å². The Labute approximate surface area is 193 Å². The Balaban J connectivity index is 1.56. The lowest BCUT2D eigenvalue weighted by molar-refractivity contribution is 0.340. The number of rotatable bonds is 8. The fraction of sp³-hybridized carbons (Fsp3) is 0.391. The molecule has 0 N–H and O–H groups in total. The molecule has 0 spiro atoms. The first-order chi connectivity index (χ1) is 15.7. The van der Waals surface area contributed by atoms with E-state index in [2.05, 4.69) is 17.1 Å². The molecule has 3 heterocycles. The van der Waals surface area contributed by atoms with E-state index in [1.807, 2.05) is 31.2 Å². The normalized spacial score (nSPS) is 13.1. The van der Waals surface area contributed by atoms with Crippen LogP contribution in [-0.2, 0) is 25.0 Å². The maximum absolute atomic E-state index is 13.7. The number of hydrogen-bond acceptors (Lipinski definition) is 8. The molecule has 0 amide bonds. The molecule has 1 aliphatic rings. The summed E-state index contributed by atoms with van der Waals surface area (Å²) in [7, 11) is 0. The van der Waals surface area contributed by atoms with Gasteiger partial charge < -0.3 is 9.26 Å². The van der Waals surface area contributed by atoms with Crippen molar-refractivity contribution in [2.24, 2.45) is 0 Å². The molecule has 0 atom stereocenters. The number of nitrogens with zero attached hydrogens (tertiary/aromatic N) is 4. The maximum atomic E-state index is 13.7. The Morgan fingerprint density at radius 1 is 1.19 bits per heavy atom. The van der Waals surface area contributed by atoms with Crippen LogP contribution in [0.4, 0.5) is 0 Å². The number of benzene rings is 1. The Hall–Kier alpha value is -2.65. The Kier molecular flexibility index (Phi) is 6.01. The largest absolute Gasteiger partial charge is 0.494 e. The van der Waals surface area contributed by atoms with Crippen LogP contribution in [0.15, 0.2) is 38.7 Å². The van der Waals surface area contributed by atoms with Gasteiger partial charge in [0.2, 0.25) is 5.89 Å². The average Bonchev–Trinajstić information content (AvgIpc) is 3.50. The molecule has 0 radical (unpaired) electrons. The average molecular weight is 469 g/mol. The van der Waals surface area contributed by atoms with Gasteiger partial charge in [0.1, 0.15) is 10.6 Å². The van der Waals surface area contributed by atoms with Crippen molar-refractivity contribution in [2.45, 2.75) is 56.9 Å². The Morgan fingerprint density at radius 3 is 2.81 bits per heavy atom. The van der Waals surface area contributed by atoms with Crippen LogP contribution in [-0.4, -0.2) is 26.3 Å². The topological polar surface area (TPSA) is 83.0 Å². The third kappa shape index (κ3) is 3.95. The van der Waals surface area contributed by atoms with Crippen LogP contribution in [0.2, 0.25) is 0 Å². The molecule has 0 unspecified atom stereocenters. The monoisotopic (exact) mass is 468 g/mol. The molecule has 32 heavy (non-hydrogen) atoms. The van der Waals surface area contributed by atoms with E-state index >= 15 is 0 Å². The minimum Gasteiger partial charge on any atom is -0.494 e. The molecule has 7 nitrogen and oxygen atoms in total. The number of thiophene rings is 1. The van der Waals surface area contributed by atoms with Crippen LogP contribution in [0.1, 0.15) is 48.8 Å². The SMILES string of the molecule is CCCc1noc(CSc2nc3sc4c(c3c(=O)n2-c2ccc(OCC)cc2)CCC4)n1. The van der Waals surface area contributed by atoms with E-state index in [1.165, 1.54) is 22.2 Å². The van der Waals surface area contributed by atoms with Crippen molar-refractivity contribution in [1.29, 1.82) is 0 Å². The molecule has 0 saturated carbocycles. The second-order valence-corrected chi connectivity index (χ2v) is 9.67. The number of aromatic nitrogens is 4. The summed E-state index contributed by atoms with van der Waals surface area (Å²) in [5, 5.41) is 5.42. The lowest BCUT2D eigenvalue weighted by Gasteiger charge is -2.12. The Morgan fingerprint density at radius 2 is 2.03 bits per heavy atom. The molecular weight excluding hydrogens is 444 g/mol. The van der Waals surface area contributed by atoms with Gasteiger partial charge in [0, 0.05) is 11.3 Å². The minimum atomic E-state index is -0.0155. The highest BCUT2D eigenvalue weighted by Crippen LogP contribution is 2.36. The van der Waals surface area contributed by atoms with Gasteiger partial charge in [-0.05, 0) is 62.4 Å². The highest BCUT2D eigenvalue weighted by molar-refractivity contribution is 7.98. The van der Waals surface area contributed by atoms with Crippen LogP contribution in [0.5, 0.6) is 5.75 Å². The van der Waals surface area contributed by atoms with Crippen molar-refractivity contribution in [1.82, 2.24) is 19.7 Å². The third-order valence-electron chi connectivity index (χ3n) is 5.42. The number of aryl methyl sites for hydroxylation is 3. The predicted molar refractivity (Wildman–Crippen MR) is 126 cm³/mol. The molecule has 4 aromatic rings. The Bertz CT molecular complexity index is 1310. The van der Waals surface area contributed by atoms with Crippen molar-refractivity contribution in [3.05, 3.63) is 56.8 Å². The summed E-state index contributed by atoms with van der Waals surface area (Å²) in [4.78, 5) is 25.2. The van der Waals surface area contributed by atoms with Crippen LogP contribution in [0.3, 0.4) is 0 Å². The number of thioether (sulfide) groups is 1. The summed E-state index contributed by atoms with van der Waals surface area (Å²) in [6, 6.07) is 7.58. The van der Waals surface area contributed by atoms with Crippen LogP contribution in [0.25, 0.3) is 15.9 Å². The van der Waals surface area contributed by atoms with Crippen molar-refractivity contribution in [3.63, 3.8) is 0 Å². The van der Waals surface area contributed by atoms with E-state index < -0.39 is 0 Å². The zero-order chi connectivity index (χ0) is 22.1. The second kappa shape index (κ2) is 9.07. The van der Waals surface area contributed by atoms with Gasteiger partial charge in [-0.2, -0.15) is 4.98 Å². The fourth-order valence-corrected chi connectivity index (χ4v) is 6.16. The third-order valence-corrected chi connectivity index (χ3v) is 7.53. The first kappa shape index (κ1) is 21.2. The van der Waals surface area contributed by atoms with Gasteiger partial charge in [-0.3, -0.25) is 9.36 Å². The van der Waals surface area contributed by atoms with E-state index in [1.54, 1.807) is 15.9 Å². The molecule has 1 aromatic carbocycles. The van der Waals surface area contributed by atoms with Crippen LogP contribution < -0.4 is 10.3 Å². The highest BCUT2D eigenvalue weighted by Gasteiger charge is 2.24. The highest BCUT2D eigenvalue weighted by atomic mass is 32.2. The number of fused-ring (bicyclic) bond motifs is 3. The molecule has 0 aliphatic heterocycles. The summed E-state index contributed by atoms with van der Waals surface area (Å²) in [5.41, 5.74) is 1.93. The zero-order valence-corrected chi connectivity index (χ0v) is 19.7. The van der Waals surface area contributed by atoms with E-state index in [0.29, 0.717) is 29.2 Å². The van der Waals surface area contributed by atoms with Gasteiger partial charge in [0.25, 0.3) is 5.56 Å². The molecule has 0 saturated heterocycles. The van der Waals surface area contributed by atoms with E-state index in [9.17, 15) is 4.79 Å². The summed E-state index contributed by atoms with van der Waals surface area (Å²) in [6.07, 6.45) is 4.84. The molecule has 3 aromatic heterocycles. The summed E-state index contributed by atoms with van der Waals surface area (Å²) >= 11 is 3.09. The minimum absolute atomic E-state index is 0.0155. The first-order valence-electron chi connectivity index (χ1n) is 10.9. The number of ether oxygens (including phenoxy) is 1. The summed E-state index contributed by atoms with van der Waals surface area (Å²) in [5.74, 6) is 2.49. The maximum Gasteiger partial charge on any atom is 0.267 e. The van der Waals surface area contributed by atoms with Gasteiger partial charge in [-0.25, -0.2) is 4.98 Å². The molecule has 0 bridgehead atoms. The lowest BCUT2D eigenvalue weighted by atomic mass is 10.2. The van der Waals surface area contributed by atoms with Crippen molar-refractivity contribution in [2.75, 3.05) is 6.61 Å². The van der Waals surface area contributed by atoms with Gasteiger partial charge in [-0.15, -0.1) is 11.3 Å². The zero-order valence-electron chi connectivity index (χ0n) is 18.1. The van der Waals surface area contributed by atoms with E-state index in [0.717, 1.165) is 53.8 Å². The summed E-state index contributed by atoms with van der Waals surface area (Å²) in [6.45, 7) is 4.63. The van der Waals surface area contributed by atoms with Crippen molar-refractivity contribution >= 4 is 33.3 Å². The van der Waals surface area contributed by atoms with Gasteiger partial charge in [-0.1, -0.05) is 23.8 Å². The quantitative estimate of drug-likeness (QED) is 0.267. The second-order valence-electron chi connectivity index (χ2n) is 7.64. The first-order valence-corrected chi connectivity index (χ1v) is 12.7. The van der Waals surface area contributed by atoms with Crippen LogP contribution in [0, 0.1) is 0 Å². The molecular formula is C23H24N4O3S2. The molecule has 5 rings (SSSR count). The molecule has 0 fully saturated rings. The molecule has 1 aliphatic carbocycles. The van der Waals surface area contributed by atoms with Crippen LogP contribution >= 0.6 is 23.1 Å². The van der Waals surface area contributed by atoms with Crippen molar-refractivity contribution < 1.29 is 9.26 Å². The van der Waals surface area contributed by atoms with Gasteiger partial charge in [0.05, 0.1) is 23.4 Å². The lowest BCUT2D eigenvalue weighted by Crippen LogP contribution is -2.21. The fourth-order valence-electron chi connectivity index (χ4n) is 4.01. The van der Waals surface area contributed by atoms with E-state index in [4.69, 9.17) is 14.2 Å². The smallest absolute Gasteiger partial charge is 0.267 e. The molecule has 9 heteroatoms. The van der Waals surface area contributed by atoms with Gasteiger partial charge in [0.15, 0.2) is 11.0 Å². The summed E-state index contributed by atoms with van der Waals surface area (Å²) < 4.78 is 12.7. The van der Waals surface area contributed by atoms with Gasteiger partial charge >= 0.3 is 0 Å². The molecule has 166 valence electrons. The predicted octanol–water partition coefficient (Wildman–Crippen LogP) is 4.96.